The lowest BCUT2D eigenvalue weighted by atomic mass is 9.96. The Labute approximate surface area is 266 Å². The van der Waals surface area contributed by atoms with Crippen LogP contribution in [0.3, 0.4) is 0 Å². The summed E-state index contributed by atoms with van der Waals surface area (Å²) in [6.07, 6.45) is 1.16. The predicted octanol–water partition coefficient (Wildman–Crippen LogP) is 9.56. The SMILES string of the molecule is Cc1cc(-c2ccc(-c3nnc(Cc4cccc5ccccc45)o3)c(C)c2)ccc1Cc1nnc(-c2cccc3ccccc23)o1. The van der Waals surface area contributed by atoms with Gasteiger partial charge in [-0.3, -0.25) is 0 Å². The highest BCUT2D eigenvalue weighted by atomic mass is 16.4. The van der Waals surface area contributed by atoms with Crippen molar-refractivity contribution in [2.75, 3.05) is 0 Å². The van der Waals surface area contributed by atoms with Crippen LogP contribution in [-0.2, 0) is 12.8 Å². The van der Waals surface area contributed by atoms with E-state index in [0.29, 0.717) is 36.4 Å². The lowest BCUT2D eigenvalue weighted by molar-refractivity contribution is 0.518. The molecular formula is C40H30N4O2. The Morgan fingerprint density at radius 2 is 1.02 bits per heavy atom. The van der Waals surface area contributed by atoms with Crippen molar-refractivity contribution in [2.45, 2.75) is 26.7 Å². The largest absolute Gasteiger partial charge is 0.420 e. The average Bonchev–Trinajstić information content (AvgIpc) is 3.75. The van der Waals surface area contributed by atoms with Crippen LogP contribution in [0.5, 0.6) is 0 Å². The van der Waals surface area contributed by atoms with Gasteiger partial charge in [-0.15, -0.1) is 20.4 Å². The van der Waals surface area contributed by atoms with Crippen LogP contribution < -0.4 is 0 Å². The molecule has 8 aromatic rings. The molecule has 0 unspecified atom stereocenters. The second kappa shape index (κ2) is 11.6. The lowest BCUT2D eigenvalue weighted by Gasteiger charge is -2.10. The normalized spacial score (nSPS) is 11.4. The first-order valence-electron chi connectivity index (χ1n) is 15.4. The average molecular weight is 599 g/mol. The van der Waals surface area contributed by atoms with Crippen LogP contribution >= 0.6 is 0 Å². The fraction of sp³-hybridized carbons (Fsp3) is 0.100. The van der Waals surface area contributed by atoms with E-state index in [2.05, 4.69) is 131 Å². The Bertz CT molecular complexity index is 2360. The van der Waals surface area contributed by atoms with E-state index in [1.165, 1.54) is 21.9 Å². The molecule has 0 saturated heterocycles. The highest BCUT2D eigenvalue weighted by molar-refractivity contribution is 5.94. The van der Waals surface area contributed by atoms with Crippen molar-refractivity contribution < 1.29 is 8.83 Å². The van der Waals surface area contributed by atoms with Gasteiger partial charge in [-0.25, -0.2) is 0 Å². The molecule has 0 aliphatic heterocycles. The van der Waals surface area contributed by atoms with Crippen molar-refractivity contribution in [2.24, 2.45) is 0 Å². The zero-order chi connectivity index (χ0) is 31.0. The van der Waals surface area contributed by atoms with Gasteiger partial charge in [0.05, 0.1) is 12.8 Å². The minimum absolute atomic E-state index is 0.535. The standard InChI is InChI=1S/C40H30N4O2/c1-25-21-30(18-17-29(25)23-37-41-44-40(46-37)36-16-8-12-28-10-4-6-15-35(28)36)31-19-20-33(26(2)22-31)39-43-42-38(45-39)24-32-13-7-11-27-9-3-5-14-34(27)32/h3-22H,23-24H2,1-2H3. The van der Waals surface area contributed by atoms with E-state index in [9.17, 15) is 0 Å². The number of nitrogens with zero attached hydrogens (tertiary/aromatic N) is 4. The fourth-order valence-electron chi connectivity index (χ4n) is 6.21. The van der Waals surface area contributed by atoms with Gasteiger partial charge in [0, 0.05) is 11.1 Å². The van der Waals surface area contributed by atoms with Gasteiger partial charge in [-0.2, -0.15) is 0 Å². The van der Waals surface area contributed by atoms with Crippen LogP contribution in [0.15, 0.2) is 130 Å². The van der Waals surface area contributed by atoms with E-state index in [4.69, 9.17) is 8.83 Å². The van der Waals surface area contributed by atoms with Gasteiger partial charge >= 0.3 is 0 Å². The third-order valence-electron chi connectivity index (χ3n) is 8.65. The van der Waals surface area contributed by atoms with Gasteiger partial charge in [-0.05, 0) is 80.9 Å². The van der Waals surface area contributed by atoms with Crippen molar-refractivity contribution in [1.29, 1.82) is 0 Å². The van der Waals surface area contributed by atoms with Crippen LogP contribution in [-0.4, -0.2) is 20.4 Å². The number of aryl methyl sites for hydroxylation is 2. The van der Waals surface area contributed by atoms with Gasteiger partial charge in [0.1, 0.15) is 0 Å². The van der Waals surface area contributed by atoms with E-state index in [1.807, 2.05) is 24.3 Å². The molecule has 0 amide bonds. The van der Waals surface area contributed by atoms with Crippen LogP contribution in [0.4, 0.5) is 0 Å². The zero-order valence-corrected chi connectivity index (χ0v) is 25.6. The van der Waals surface area contributed by atoms with Crippen molar-refractivity contribution in [1.82, 2.24) is 20.4 Å². The van der Waals surface area contributed by atoms with Gasteiger partial charge < -0.3 is 8.83 Å². The first-order valence-corrected chi connectivity index (χ1v) is 15.4. The molecule has 0 fully saturated rings. The van der Waals surface area contributed by atoms with E-state index in [0.717, 1.165) is 44.2 Å². The van der Waals surface area contributed by atoms with Gasteiger partial charge in [0.15, 0.2) is 0 Å². The third-order valence-corrected chi connectivity index (χ3v) is 8.65. The number of hydrogen-bond acceptors (Lipinski definition) is 6. The first kappa shape index (κ1) is 27.7. The van der Waals surface area contributed by atoms with Crippen molar-refractivity contribution >= 4 is 21.5 Å². The fourth-order valence-corrected chi connectivity index (χ4v) is 6.21. The highest BCUT2D eigenvalue weighted by Crippen LogP contribution is 2.31. The second-order valence-corrected chi connectivity index (χ2v) is 11.7. The summed E-state index contributed by atoms with van der Waals surface area (Å²) >= 11 is 0. The van der Waals surface area contributed by atoms with Crippen molar-refractivity contribution in [3.63, 3.8) is 0 Å². The Hall–Kier alpha value is -5.88. The number of hydrogen-bond donors (Lipinski definition) is 0. The topological polar surface area (TPSA) is 77.8 Å². The molecule has 0 N–H and O–H groups in total. The molecule has 222 valence electrons. The molecule has 6 aromatic carbocycles. The lowest BCUT2D eigenvalue weighted by Crippen LogP contribution is -1.93. The van der Waals surface area contributed by atoms with Crippen LogP contribution in [0.2, 0.25) is 0 Å². The molecule has 6 nitrogen and oxygen atoms in total. The molecule has 6 heteroatoms. The number of aromatic nitrogens is 4. The van der Waals surface area contributed by atoms with E-state index >= 15 is 0 Å². The molecule has 0 saturated carbocycles. The summed E-state index contributed by atoms with van der Waals surface area (Å²) in [5.41, 5.74) is 8.71. The van der Waals surface area contributed by atoms with E-state index < -0.39 is 0 Å². The smallest absolute Gasteiger partial charge is 0.248 e. The summed E-state index contributed by atoms with van der Waals surface area (Å²) in [5.74, 6) is 2.27. The highest BCUT2D eigenvalue weighted by Gasteiger charge is 2.16. The van der Waals surface area contributed by atoms with E-state index in [1.54, 1.807) is 0 Å². The van der Waals surface area contributed by atoms with Crippen molar-refractivity contribution in [3.05, 3.63) is 155 Å². The summed E-state index contributed by atoms with van der Waals surface area (Å²) in [4.78, 5) is 0. The monoisotopic (exact) mass is 598 g/mol. The number of fused-ring (bicyclic) bond motifs is 2. The molecule has 46 heavy (non-hydrogen) atoms. The summed E-state index contributed by atoms with van der Waals surface area (Å²) in [5, 5.41) is 22.2. The Balaban J connectivity index is 0.993. The minimum atomic E-state index is 0.535. The van der Waals surface area contributed by atoms with Crippen LogP contribution in [0.25, 0.3) is 55.6 Å². The molecular weight excluding hydrogens is 568 g/mol. The molecule has 0 bridgehead atoms. The molecule has 0 aliphatic rings. The maximum Gasteiger partial charge on any atom is 0.248 e. The maximum absolute atomic E-state index is 6.15. The third kappa shape index (κ3) is 5.24. The first-order chi connectivity index (χ1) is 22.6. The molecule has 0 radical (unpaired) electrons. The van der Waals surface area contributed by atoms with Crippen LogP contribution in [0.1, 0.15) is 34.0 Å². The van der Waals surface area contributed by atoms with Gasteiger partial charge in [0.25, 0.3) is 0 Å². The molecule has 2 aromatic heterocycles. The number of rotatable bonds is 7. The summed E-state index contributed by atoms with van der Waals surface area (Å²) < 4.78 is 12.3. The Kier molecular flexibility index (Phi) is 6.95. The van der Waals surface area contributed by atoms with Gasteiger partial charge in [0.2, 0.25) is 23.6 Å². The molecule has 2 heterocycles. The van der Waals surface area contributed by atoms with Crippen LogP contribution in [0, 0.1) is 13.8 Å². The predicted molar refractivity (Wildman–Crippen MR) is 181 cm³/mol. The minimum Gasteiger partial charge on any atom is -0.420 e. The Morgan fingerprint density at radius 1 is 0.457 bits per heavy atom. The maximum atomic E-state index is 6.15. The van der Waals surface area contributed by atoms with Gasteiger partial charge in [-0.1, -0.05) is 109 Å². The summed E-state index contributed by atoms with van der Waals surface area (Å²) in [7, 11) is 0. The van der Waals surface area contributed by atoms with E-state index in [-0.39, 0.29) is 0 Å². The molecule has 0 spiro atoms. The zero-order valence-electron chi connectivity index (χ0n) is 25.6. The summed E-state index contributed by atoms with van der Waals surface area (Å²) in [6, 6.07) is 41.9. The molecule has 0 atom stereocenters. The summed E-state index contributed by atoms with van der Waals surface area (Å²) in [6.45, 7) is 4.20. The molecule has 8 rings (SSSR count). The second-order valence-electron chi connectivity index (χ2n) is 11.7. The number of benzene rings is 6. The molecule has 0 aliphatic carbocycles. The Morgan fingerprint density at radius 3 is 1.74 bits per heavy atom. The quantitative estimate of drug-likeness (QED) is 0.182. The van der Waals surface area contributed by atoms with Crippen molar-refractivity contribution in [3.8, 4) is 34.0 Å².